The van der Waals surface area contributed by atoms with Crippen molar-refractivity contribution in [2.45, 2.75) is 365 Å². The maximum Gasteiger partial charge on any atom is 1.00 e. The van der Waals surface area contributed by atoms with Crippen LogP contribution < -0.4 is 61.5 Å². The summed E-state index contributed by atoms with van der Waals surface area (Å²) in [6.07, 6.45) is 11.2. The smallest absolute Gasteiger partial charge is 0.587 e. The Kier molecular flexibility index (Phi) is 80.8. The van der Waals surface area contributed by atoms with Crippen molar-refractivity contribution in [2.24, 2.45) is 5.73 Å². The Balaban J connectivity index is -0.000000244. The summed E-state index contributed by atoms with van der Waals surface area (Å²) in [6.45, 7) is 68.9. The Morgan fingerprint density at radius 1 is 0.390 bits per heavy atom. The van der Waals surface area contributed by atoms with Crippen LogP contribution >= 0.6 is 31.9 Å². The fourth-order valence-corrected chi connectivity index (χ4v) is 13.8. The number of ketones is 1. The number of carbonyl (C=O) groups is 11. The van der Waals surface area contributed by atoms with Crippen molar-refractivity contribution in [1.82, 2.24) is 0 Å². The predicted molar refractivity (Wildman–Crippen MR) is 593 cm³/mol. The van der Waals surface area contributed by atoms with E-state index >= 15 is 0 Å². The molecule has 0 radical (unpaired) electrons. The molecule has 0 spiro atoms. The molecule has 0 atom stereocenters. The number of ether oxygens (including phenoxy) is 4. The minimum atomic E-state index is -1.71. The number of fused-ring (bicyclic) bond motifs is 1. The van der Waals surface area contributed by atoms with Crippen molar-refractivity contribution in [1.29, 1.82) is 0 Å². The number of phenolic OH excluding ortho intramolecular Hbond substituents is 3. The molecule has 1 aliphatic rings. The van der Waals surface area contributed by atoms with Gasteiger partial charge >= 0.3 is 82.7 Å². The van der Waals surface area contributed by atoms with Gasteiger partial charge in [-0.05, 0) is 334 Å². The number of nitrogens with two attached hydrogens (primary N) is 1. The van der Waals surface area contributed by atoms with Crippen molar-refractivity contribution >= 4 is 106 Å². The average Bonchev–Trinajstić information content (AvgIpc) is 1.53. The quantitative estimate of drug-likeness (QED) is 0.00915. The van der Waals surface area contributed by atoms with E-state index in [1.165, 1.54) is 62.0 Å². The molecule has 146 heavy (non-hydrogen) atoms. The molecule has 25 nitrogen and oxygen atoms in total. The van der Waals surface area contributed by atoms with Crippen molar-refractivity contribution < 1.29 is 185 Å². The second-order valence-corrected chi connectivity index (χ2v) is 44.6. The van der Waals surface area contributed by atoms with Gasteiger partial charge in [0.15, 0.2) is 5.78 Å². The van der Waals surface area contributed by atoms with E-state index < -0.39 is 66.4 Å². The maximum absolute atomic E-state index is 11.7. The second-order valence-electron chi connectivity index (χ2n) is 38.1. The summed E-state index contributed by atoms with van der Waals surface area (Å²) >= 11 is 6.88. The molecular weight excluding hydrogens is 2120 g/mol. The molecule has 0 saturated heterocycles. The molecule has 0 bridgehead atoms. The summed E-state index contributed by atoms with van der Waals surface area (Å²) < 4.78 is 29.6. The number of carbonyl (C=O) groups excluding carboxylic acids is 7. The van der Waals surface area contributed by atoms with E-state index in [0.717, 1.165) is 108 Å². The Hall–Kier alpha value is -9.29. The van der Waals surface area contributed by atoms with Gasteiger partial charge in [0.2, 0.25) is 8.32 Å². The van der Waals surface area contributed by atoms with Crippen LogP contribution in [0.25, 0.3) is 5.32 Å². The predicted octanol–water partition coefficient (Wildman–Crippen LogP) is 25.0. The molecule has 8 aromatic rings. The fraction of sp³-hybridized carbons (Fsp3) is 0.474. The summed E-state index contributed by atoms with van der Waals surface area (Å²) in [5, 5.41) is 62.1. The van der Waals surface area contributed by atoms with Crippen LogP contribution in [-0.4, -0.2) is 132 Å². The first-order chi connectivity index (χ1) is 66.5. The average molecular weight is 2300 g/mol. The zero-order valence-electron chi connectivity index (χ0n) is 94.8. The van der Waals surface area contributed by atoms with Crippen molar-refractivity contribution in [2.75, 3.05) is 0 Å². The summed E-state index contributed by atoms with van der Waals surface area (Å²) in [5.74, 6) is -2.84. The molecule has 0 saturated carbocycles. The van der Waals surface area contributed by atoms with Crippen LogP contribution in [0.5, 0.6) is 23.0 Å². The van der Waals surface area contributed by atoms with Gasteiger partial charge in [-0.15, -0.1) is 0 Å². The van der Waals surface area contributed by atoms with E-state index in [0.29, 0.717) is 74.8 Å². The first kappa shape index (κ1) is 150. The van der Waals surface area contributed by atoms with Crippen molar-refractivity contribution in [3.8, 4) is 23.0 Å². The zero-order chi connectivity index (χ0) is 113. The minimum Gasteiger partial charge on any atom is -0.587 e. The van der Waals surface area contributed by atoms with Gasteiger partial charge in [0, 0.05) is 99.9 Å². The minimum absolute atomic E-state index is 0. The monoisotopic (exact) mass is 2290 g/mol. The van der Waals surface area contributed by atoms with E-state index in [9.17, 15) is 48.6 Å². The molecular formula is C116H172Br2KN2O23PdSi+. The number of benzene rings is 8. The van der Waals surface area contributed by atoms with Crippen LogP contribution in [0.3, 0.4) is 0 Å². The molecule has 9 rings (SSSR count). The van der Waals surface area contributed by atoms with Crippen LogP contribution in [0.2, 0.25) is 18.1 Å². The third-order valence-electron chi connectivity index (χ3n) is 19.5. The Morgan fingerprint density at radius 2 is 0.644 bits per heavy atom. The van der Waals surface area contributed by atoms with Crippen LogP contribution in [0, 0.1) is 27.7 Å². The summed E-state index contributed by atoms with van der Waals surface area (Å²) in [6, 6.07) is 47.5. The number of hydrogen-bond donors (Lipinski definition) is 8. The van der Waals surface area contributed by atoms with E-state index in [2.05, 4.69) is 161 Å². The SMILES string of the molecule is C=CC(C)=O.CC.CC.CC(=O)O.CC(=O)O.CC(=O)O.CCc1cc(C)ccc1CCC(=O)O.CCc1cc(C)ccc1CCC(=O)OC(C)(C)C.CCc1cc(O)ccc1CCC(=O)OC(C)(C)C.CCc1cc(O)ccc1CCC(=O)OC(C)(C)C.CCc1cc(O[Si](C)(C)C(C)(C)C)ccc1Br.Cc1cc(O)ccc1Br.Cc1ccc(CCC(=O)OC(C)(C)C)c(CN)c1.O=C1[N-]C(=O)c2ccccc21.[H+].[K+].[Pd]. The molecule has 0 aromatic heterocycles. The van der Waals surface area contributed by atoms with Gasteiger partial charge in [-0.1, -0.05) is 229 Å². The number of aryl methyl sites for hydroxylation is 14. The van der Waals surface area contributed by atoms with E-state index in [1.807, 2.05) is 181 Å². The van der Waals surface area contributed by atoms with Gasteiger partial charge < -0.3 is 79.8 Å². The standard InChI is InChI=1S/C16H24O2.C15H23NO2.2C15H22O3.C14H23BrOSi.C12H16O2.C8H5NO2.C7H7BrO.C4H6O.3C2H4O2.2C2H6.K.Pd/c1-6-13-11-12(2)7-8-14(13)9-10-15(17)18-16(3,4)5;1-11-5-6-12(13(9-11)10-16)7-8-14(17)18-15(2,3)4;2*1-5-11-10-13(16)8-6-12(11)7-9-14(17)18-15(2,3)4;1-7-11-10-12(8-9-13(11)15)16-17(5,6)14(2,3)4;1-3-10-8-9(2)4-5-11(10)6-7-12(13)14;10-7-5-3-1-2-4-6(5)8(11)9-7;1-5-4-6(9)2-3-7(5)8;1-3-4(2)5;3*1-2(3)4;2*1-2;;/h7-8,11H,6,9-10H2,1-5H3;5-6,9H,7-8,10,16H2,1-4H3;2*6,8,10,16H,5,7,9H2,1-4H3;8-10H,7H2,1-6H3;4-5,8H,3,6-7H2,1-2H3,(H,13,14);1-4H,(H,9,10,11);2-4,9H,1H3;3H,1H2,2H3;3*1H3,(H,3,4);2*1-2H3;;/q;;;;;;;;;;;;;;+1;. The van der Waals surface area contributed by atoms with Gasteiger partial charge in [0.25, 0.3) is 17.9 Å². The number of phenols is 3. The molecule has 0 aliphatic carbocycles. The largest absolute Gasteiger partial charge is 1.00 e. The number of aromatic hydroxyl groups is 3. The molecule has 9 N–H and O–H groups in total. The molecule has 0 unspecified atom stereocenters. The molecule has 0 fully saturated rings. The molecule has 1 aliphatic heterocycles. The number of nitrogens with zero attached hydrogens (tertiary/aromatic N) is 1. The van der Waals surface area contributed by atoms with Gasteiger partial charge in [0.05, 0.1) is 11.8 Å². The number of allylic oxidation sites excluding steroid dienone is 1. The number of imide groups is 1. The first-order valence-corrected chi connectivity index (χ1v) is 53.2. The fourth-order valence-electron chi connectivity index (χ4n) is 12.0. The van der Waals surface area contributed by atoms with Gasteiger partial charge in [-0.2, -0.15) is 0 Å². The normalized spacial score (nSPS) is 10.6. The number of esters is 4. The Bertz CT molecular complexity index is 4880. The Morgan fingerprint density at radius 3 is 0.897 bits per heavy atom. The van der Waals surface area contributed by atoms with Gasteiger partial charge in [-0.25, -0.2) is 0 Å². The number of carboxylic acid groups (broad SMARTS) is 4. The number of halogens is 2. The number of amides is 2. The first-order valence-electron chi connectivity index (χ1n) is 48.7. The second kappa shape index (κ2) is 78.9. The summed E-state index contributed by atoms with van der Waals surface area (Å²) in [5.41, 5.74) is 22.6. The van der Waals surface area contributed by atoms with E-state index in [1.54, 1.807) is 60.7 Å². The van der Waals surface area contributed by atoms with Crippen LogP contribution in [-0.2, 0) is 153 Å². The summed E-state index contributed by atoms with van der Waals surface area (Å²) in [7, 11) is -1.71. The van der Waals surface area contributed by atoms with E-state index in [4.69, 9.17) is 69.0 Å². The number of rotatable bonds is 24. The molecule has 8 aromatic carbocycles. The number of hydrogen-bond acceptors (Lipinski definition) is 20. The van der Waals surface area contributed by atoms with E-state index in [-0.39, 0.29) is 126 Å². The molecule has 1 heterocycles. The summed E-state index contributed by atoms with van der Waals surface area (Å²) in [4.78, 5) is 115. The molecule has 2 amide bonds. The zero-order valence-corrected chi connectivity index (χ0v) is 103. The van der Waals surface area contributed by atoms with Crippen LogP contribution in [0.15, 0.2) is 173 Å². The van der Waals surface area contributed by atoms with Crippen molar-refractivity contribution in [3.63, 3.8) is 0 Å². The third kappa shape index (κ3) is 76.3. The topological polar surface area (TPSA) is 416 Å². The molecule has 812 valence electrons. The van der Waals surface area contributed by atoms with Crippen LogP contribution in [0.1, 0.15) is 332 Å². The Labute approximate surface area is 948 Å². The van der Waals surface area contributed by atoms with Crippen LogP contribution in [0.4, 0.5) is 0 Å². The molecule has 30 heteroatoms. The van der Waals surface area contributed by atoms with Crippen molar-refractivity contribution in [3.05, 3.63) is 273 Å². The number of aliphatic carboxylic acids is 4. The third-order valence-corrected chi connectivity index (χ3v) is 25.5. The number of carboxylic acids is 4. The maximum atomic E-state index is 11.7. The van der Waals surface area contributed by atoms with Gasteiger partial charge in [0.1, 0.15) is 45.4 Å². The van der Waals surface area contributed by atoms with Gasteiger partial charge in [-0.3, -0.25) is 43.2 Å².